The van der Waals surface area contributed by atoms with Gasteiger partial charge in [0.05, 0.1) is 24.3 Å². The molecule has 3 aliphatic rings. The lowest BCUT2D eigenvalue weighted by Crippen LogP contribution is -2.49. The Morgan fingerprint density at radius 3 is 2.89 bits per heavy atom. The number of anilines is 1. The van der Waals surface area contributed by atoms with Crippen LogP contribution in [0.1, 0.15) is 12.8 Å². The van der Waals surface area contributed by atoms with Crippen molar-refractivity contribution in [1.29, 1.82) is 0 Å². The molecule has 0 saturated carbocycles. The standard InChI is InChI=1S/C20H19FN4O3/c21-13-7-9-14(10-8-13)22-19(26)24-18-16-5-1-2-6-17(16)23-20(27)25(18)12-15-4-3-11-28-15/h1-2,5-10,15-16H,3-4,11-12H2,(H,22,26)/b24-18+. The number of amidine groups is 1. The number of halogens is 1. The highest BCUT2D eigenvalue weighted by Crippen LogP contribution is 2.24. The number of benzene rings is 1. The number of nitrogens with zero attached hydrogens (tertiary/aromatic N) is 3. The zero-order chi connectivity index (χ0) is 19.5. The largest absolute Gasteiger partial charge is 0.376 e. The summed E-state index contributed by atoms with van der Waals surface area (Å²) in [6.45, 7) is 0.955. The zero-order valence-corrected chi connectivity index (χ0v) is 15.0. The van der Waals surface area contributed by atoms with Crippen LogP contribution in [0.4, 0.5) is 19.7 Å². The number of fused-ring (bicyclic) bond motifs is 1. The number of carbonyl (C=O) groups excluding carboxylic acids is 2. The lowest BCUT2D eigenvalue weighted by molar-refractivity contribution is 0.0956. The van der Waals surface area contributed by atoms with Gasteiger partial charge in [-0.1, -0.05) is 18.2 Å². The smallest absolute Gasteiger partial charge is 0.349 e. The van der Waals surface area contributed by atoms with E-state index in [1.54, 1.807) is 12.2 Å². The molecule has 144 valence electrons. The average Bonchev–Trinajstić information content (AvgIpc) is 3.19. The third-order valence-electron chi connectivity index (χ3n) is 4.73. The van der Waals surface area contributed by atoms with Crippen molar-refractivity contribution in [3.8, 4) is 0 Å². The van der Waals surface area contributed by atoms with E-state index >= 15 is 0 Å². The van der Waals surface area contributed by atoms with E-state index < -0.39 is 17.9 Å². The van der Waals surface area contributed by atoms with Crippen LogP contribution in [0.2, 0.25) is 0 Å². The molecule has 1 saturated heterocycles. The number of allylic oxidation sites excluding steroid dienone is 3. The number of hydrogen-bond acceptors (Lipinski definition) is 3. The number of nitrogens with one attached hydrogen (secondary N) is 1. The van der Waals surface area contributed by atoms with Gasteiger partial charge in [-0.25, -0.2) is 14.0 Å². The second-order valence-corrected chi connectivity index (χ2v) is 6.69. The van der Waals surface area contributed by atoms with Crippen LogP contribution in [0.5, 0.6) is 0 Å². The van der Waals surface area contributed by atoms with Gasteiger partial charge in [0.2, 0.25) is 0 Å². The average molecular weight is 382 g/mol. The Labute approximate surface area is 161 Å². The van der Waals surface area contributed by atoms with Crippen molar-refractivity contribution in [1.82, 2.24) is 4.90 Å². The number of aliphatic imine (C=N–C) groups is 2. The Morgan fingerprint density at radius 1 is 1.32 bits per heavy atom. The molecule has 2 atom stereocenters. The summed E-state index contributed by atoms with van der Waals surface area (Å²) in [5, 5.41) is 2.60. The van der Waals surface area contributed by atoms with E-state index in [2.05, 4.69) is 15.3 Å². The first kappa shape index (κ1) is 18.2. The molecule has 2 aliphatic heterocycles. The molecule has 1 N–H and O–H groups in total. The normalized spacial score (nSPS) is 25.0. The molecule has 1 aromatic carbocycles. The Bertz CT molecular complexity index is 899. The predicted octanol–water partition coefficient (Wildman–Crippen LogP) is 3.55. The molecule has 0 aromatic heterocycles. The monoisotopic (exact) mass is 382 g/mol. The van der Waals surface area contributed by atoms with Crippen molar-refractivity contribution in [3.05, 3.63) is 54.4 Å². The highest BCUT2D eigenvalue weighted by Gasteiger charge is 2.36. The SMILES string of the molecule is O=C(/N=C1\C2C=CC=CC2=NC(=O)N1CC1CCCO1)Nc1ccc(F)cc1. The molecule has 0 bridgehead atoms. The summed E-state index contributed by atoms with van der Waals surface area (Å²) >= 11 is 0. The van der Waals surface area contributed by atoms with E-state index in [0.717, 1.165) is 12.8 Å². The molecule has 2 heterocycles. The maximum atomic E-state index is 13.0. The molecule has 28 heavy (non-hydrogen) atoms. The molecular weight excluding hydrogens is 363 g/mol. The first-order valence-corrected chi connectivity index (χ1v) is 9.12. The van der Waals surface area contributed by atoms with Crippen LogP contribution in [-0.4, -0.2) is 47.8 Å². The van der Waals surface area contributed by atoms with Gasteiger partial charge in [0.25, 0.3) is 0 Å². The molecule has 7 nitrogen and oxygen atoms in total. The van der Waals surface area contributed by atoms with Crippen molar-refractivity contribution in [2.45, 2.75) is 18.9 Å². The van der Waals surface area contributed by atoms with Crippen molar-refractivity contribution in [2.24, 2.45) is 15.9 Å². The van der Waals surface area contributed by atoms with E-state index in [9.17, 15) is 14.0 Å². The summed E-state index contributed by atoms with van der Waals surface area (Å²) in [5.74, 6) is -0.473. The maximum absolute atomic E-state index is 13.0. The molecular formula is C20H19FN4O3. The molecule has 8 heteroatoms. The van der Waals surface area contributed by atoms with Gasteiger partial charge in [-0.3, -0.25) is 4.90 Å². The number of carbonyl (C=O) groups is 2. The Balaban J connectivity index is 1.61. The van der Waals surface area contributed by atoms with Gasteiger partial charge in [0, 0.05) is 12.3 Å². The predicted molar refractivity (Wildman–Crippen MR) is 103 cm³/mol. The Hall–Kier alpha value is -3.13. The third kappa shape index (κ3) is 3.91. The van der Waals surface area contributed by atoms with E-state index in [1.165, 1.54) is 29.2 Å². The minimum absolute atomic E-state index is 0.103. The van der Waals surface area contributed by atoms with Crippen LogP contribution in [0.3, 0.4) is 0 Å². The summed E-state index contributed by atoms with van der Waals surface area (Å²) < 4.78 is 18.7. The topological polar surface area (TPSA) is 83.4 Å². The summed E-state index contributed by atoms with van der Waals surface area (Å²) in [4.78, 5) is 34.8. The van der Waals surface area contributed by atoms with Crippen LogP contribution in [0.25, 0.3) is 0 Å². The summed E-state index contributed by atoms with van der Waals surface area (Å²) in [6.07, 6.45) is 8.87. The third-order valence-corrected chi connectivity index (χ3v) is 4.73. The minimum Gasteiger partial charge on any atom is -0.376 e. The lowest BCUT2D eigenvalue weighted by atomic mass is 9.94. The van der Waals surface area contributed by atoms with E-state index in [4.69, 9.17) is 4.74 Å². The molecule has 1 aliphatic carbocycles. The van der Waals surface area contributed by atoms with E-state index in [1.807, 2.05) is 12.2 Å². The van der Waals surface area contributed by atoms with Crippen molar-refractivity contribution in [3.63, 3.8) is 0 Å². The molecule has 1 fully saturated rings. The van der Waals surface area contributed by atoms with Crippen LogP contribution in [0, 0.1) is 11.7 Å². The second kappa shape index (κ2) is 7.85. The van der Waals surface area contributed by atoms with Gasteiger partial charge in [-0.15, -0.1) is 0 Å². The maximum Gasteiger partial charge on any atom is 0.349 e. The molecule has 2 unspecified atom stereocenters. The van der Waals surface area contributed by atoms with Crippen molar-refractivity contribution >= 4 is 29.3 Å². The van der Waals surface area contributed by atoms with Gasteiger partial charge in [-0.2, -0.15) is 9.98 Å². The van der Waals surface area contributed by atoms with E-state index in [0.29, 0.717) is 30.4 Å². The van der Waals surface area contributed by atoms with Crippen LogP contribution >= 0.6 is 0 Å². The summed E-state index contributed by atoms with van der Waals surface area (Å²) in [5.41, 5.74) is 0.959. The molecule has 0 radical (unpaired) electrons. The minimum atomic E-state index is -0.643. The van der Waals surface area contributed by atoms with Crippen LogP contribution < -0.4 is 5.32 Å². The fourth-order valence-electron chi connectivity index (χ4n) is 3.38. The Morgan fingerprint density at radius 2 is 2.14 bits per heavy atom. The van der Waals surface area contributed by atoms with E-state index in [-0.39, 0.29) is 12.0 Å². The number of urea groups is 2. The van der Waals surface area contributed by atoms with Crippen LogP contribution in [0.15, 0.2) is 58.6 Å². The second-order valence-electron chi connectivity index (χ2n) is 6.69. The molecule has 4 rings (SSSR count). The van der Waals surface area contributed by atoms with Gasteiger partial charge < -0.3 is 10.1 Å². The molecule has 1 aromatic rings. The van der Waals surface area contributed by atoms with Gasteiger partial charge in [0.1, 0.15) is 11.7 Å². The van der Waals surface area contributed by atoms with Crippen molar-refractivity contribution < 1.29 is 18.7 Å². The summed E-state index contributed by atoms with van der Waals surface area (Å²) in [7, 11) is 0. The lowest BCUT2D eigenvalue weighted by Gasteiger charge is -2.32. The molecule has 4 amide bonds. The van der Waals surface area contributed by atoms with Gasteiger partial charge in [-0.05, 0) is 43.2 Å². The summed E-state index contributed by atoms with van der Waals surface area (Å²) in [6, 6.07) is 4.27. The molecule has 0 spiro atoms. The van der Waals surface area contributed by atoms with Crippen molar-refractivity contribution in [2.75, 3.05) is 18.5 Å². The van der Waals surface area contributed by atoms with Crippen LogP contribution in [-0.2, 0) is 4.74 Å². The quantitative estimate of drug-likeness (QED) is 0.868. The van der Waals surface area contributed by atoms with Gasteiger partial charge in [0.15, 0.2) is 0 Å². The van der Waals surface area contributed by atoms with Gasteiger partial charge >= 0.3 is 12.1 Å². The fourth-order valence-corrected chi connectivity index (χ4v) is 3.38. The Kier molecular flexibility index (Phi) is 5.12. The first-order chi connectivity index (χ1) is 13.6. The fraction of sp³-hybridized carbons (Fsp3) is 0.300. The zero-order valence-electron chi connectivity index (χ0n) is 15.0. The number of hydrogen-bond donors (Lipinski definition) is 1. The highest BCUT2D eigenvalue weighted by atomic mass is 19.1. The number of amides is 4. The highest BCUT2D eigenvalue weighted by molar-refractivity contribution is 6.24. The first-order valence-electron chi connectivity index (χ1n) is 9.12. The number of rotatable bonds is 3. The number of ether oxygens (including phenoxy) is 1.